The number of benzene rings is 1. The summed E-state index contributed by atoms with van der Waals surface area (Å²) in [6.07, 6.45) is 11.5. The van der Waals surface area contributed by atoms with Gasteiger partial charge < -0.3 is 4.57 Å². The van der Waals surface area contributed by atoms with E-state index in [2.05, 4.69) is 39.6 Å². The van der Waals surface area contributed by atoms with Gasteiger partial charge in [-0.1, -0.05) is 47.7 Å². The van der Waals surface area contributed by atoms with Crippen molar-refractivity contribution in [3.63, 3.8) is 0 Å². The molecule has 0 radical (unpaired) electrons. The molecule has 0 fully saturated rings. The zero-order valence-electron chi connectivity index (χ0n) is 11.0. The van der Waals surface area contributed by atoms with Crippen LogP contribution in [0, 0.1) is 0 Å². The van der Waals surface area contributed by atoms with E-state index >= 15 is 0 Å². The van der Waals surface area contributed by atoms with E-state index in [0.717, 1.165) is 5.69 Å². The van der Waals surface area contributed by atoms with Gasteiger partial charge in [0.05, 0.1) is 25.6 Å². The lowest BCUT2D eigenvalue weighted by Gasteiger charge is -1.96. The summed E-state index contributed by atoms with van der Waals surface area (Å²) in [5.41, 5.74) is 2.11. The third-order valence-electron chi connectivity index (χ3n) is 2.89. The van der Waals surface area contributed by atoms with Crippen LogP contribution in [-0.4, -0.2) is 24.5 Å². The molecule has 0 unspecified atom stereocenters. The number of rotatable bonds is 5. The Kier molecular flexibility index (Phi) is 3.68. The van der Waals surface area contributed by atoms with Gasteiger partial charge in [-0.3, -0.25) is 0 Å². The molecule has 0 N–H and O–H groups in total. The van der Waals surface area contributed by atoms with Gasteiger partial charge in [0.15, 0.2) is 0 Å². The molecule has 0 aliphatic carbocycles. The number of hydrogen-bond donors (Lipinski definition) is 0. The highest BCUT2D eigenvalue weighted by Gasteiger charge is 2.00. The monoisotopic (exact) mass is 265 g/mol. The second-order valence-corrected chi connectivity index (χ2v) is 4.48. The van der Waals surface area contributed by atoms with E-state index in [1.807, 2.05) is 39.8 Å². The van der Waals surface area contributed by atoms with Crippen molar-refractivity contribution in [1.82, 2.24) is 24.5 Å². The lowest BCUT2D eigenvalue weighted by atomic mass is 10.2. The van der Waals surface area contributed by atoms with Crippen molar-refractivity contribution in [2.45, 2.75) is 13.1 Å². The zero-order chi connectivity index (χ0) is 13.6. The molecule has 0 saturated carbocycles. The van der Waals surface area contributed by atoms with E-state index in [4.69, 9.17) is 0 Å². The average molecular weight is 265 g/mol. The first-order valence-corrected chi connectivity index (χ1v) is 6.46. The Morgan fingerprint density at radius 2 is 2.05 bits per heavy atom. The molecule has 0 bridgehead atoms. The highest BCUT2D eigenvalue weighted by atomic mass is 15.4. The Bertz CT molecular complexity index is 667. The minimum absolute atomic E-state index is 0.697. The van der Waals surface area contributed by atoms with Crippen molar-refractivity contribution >= 4 is 6.08 Å². The minimum atomic E-state index is 0.697. The highest BCUT2D eigenvalue weighted by Crippen LogP contribution is 2.02. The molecular formula is C15H15N5. The minimum Gasteiger partial charge on any atom is -0.331 e. The molecule has 20 heavy (non-hydrogen) atoms. The molecule has 0 aliphatic heterocycles. The number of nitrogens with zero attached hydrogens (tertiary/aromatic N) is 5. The van der Waals surface area contributed by atoms with E-state index in [9.17, 15) is 0 Å². The molecule has 2 heterocycles. The van der Waals surface area contributed by atoms with Gasteiger partial charge in [-0.15, -0.1) is 5.10 Å². The highest BCUT2D eigenvalue weighted by molar-refractivity contribution is 5.48. The fourth-order valence-corrected chi connectivity index (χ4v) is 1.93. The van der Waals surface area contributed by atoms with Crippen LogP contribution in [0.4, 0.5) is 0 Å². The van der Waals surface area contributed by atoms with Crippen molar-refractivity contribution in [3.8, 4) is 0 Å². The van der Waals surface area contributed by atoms with Crippen LogP contribution in [0.25, 0.3) is 6.08 Å². The summed E-state index contributed by atoms with van der Waals surface area (Å²) in [6, 6.07) is 10.2. The SMILES string of the molecule is C(=C\c1ccccc1)/Cn1cc(Cn2ccnc2)nn1. The van der Waals surface area contributed by atoms with Crippen molar-refractivity contribution < 1.29 is 0 Å². The van der Waals surface area contributed by atoms with E-state index in [1.54, 1.807) is 12.5 Å². The molecule has 0 aliphatic rings. The van der Waals surface area contributed by atoms with E-state index in [0.29, 0.717) is 13.1 Å². The molecule has 1 aromatic carbocycles. The first-order valence-electron chi connectivity index (χ1n) is 6.46. The maximum absolute atomic E-state index is 4.15. The van der Waals surface area contributed by atoms with Crippen LogP contribution < -0.4 is 0 Å². The maximum atomic E-state index is 4.15. The van der Waals surface area contributed by atoms with Crippen LogP contribution in [0.5, 0.6) is 0 Å². The first-order chi connectivity index (χ1) is 9.90. The third-order valence-corrected chi connectivity index (χ3v) is 2.89. The van der Waals surface area contributed by atoms with Crippen LogP contribution in [0.15, 0.2) is 61.3 Å². The van der Waals surface area contributed by atoms with Gasteiger partial charge in [0.25, 0.3) is 0 Å². The van der Waals surface area contributed by atoms with Gasteiger partial charge in [0.2, 0.25) is 0 Å². The Morgan fingerprint density at radius 3 is 2.85 bits per heavy atom. The normalized spacial score (nSPS) is 11.2. The van der Waals surface area contributed by atoms with Crippen LogP contribution >= 0.6 is 0 Å². The Balaban J connectivity index is 1.59. The molecule has 5 nitrogen and oxygen atoms in total. The summed E-state index contributed by atoms with van der Waals surface area (Å²) in [4.78, 5) is 4.01. The lowest BCUT2D eigenvalue weighted by molar-refractivity contribution is 0.661. The van der Waals surface area contributed by atoms with Gasteiger partial charge >= 0.3 is 0 Å². The van der Waals surface area contributed by atoms with Gasteiger partial charge in [-0.05, 0) is 5.56 Å². The Labute approximate surface area is 117 Å². The van der Waals surface area contributed by atoms with E-state index in [1.165, 1.54) is 5.56 Å². The molecule has 0 atom stereocenters. The zero-order valence-corrected chi connectivity index (χ0v) is 11.0. The van der Waals surface area contributed by atoms with Gasteiger partial charge in [0, 0.05) is 12.4 Å². The summed E-state index contributed by atoms with van der Waals surface area (Å²) in [5, 5.41) is 8.26. The second kappa shape index (κ2) is 5.97. The van der Waals surface area contributed by atoms with Crippen molar-refractivity contribution in [2.24, 2.45) is 0 Å². The summed E-state index contributed by atoms with van der Waals surface area (Å²) in [6.45, 7) is 1.41. The van der Waals surface area contributed by atoms with Crippen LogP contribution in [0.3, 0.4) is 0 Å². The first kappa shape index (κ1) is 12.3. The van der Waals surface area contributed by atoms with Gasteiger partial charge in [-0.25, -0.2) is 9.67 Å². The number of aromatic nitrogens is 5. The number of allylic oxidation sites excluding steroid dienone is 1. The molecule has 0 spiro atoms. The summed E-state index contributed by atoms with van der Waals surface area (Å²) in [5.74, 6) is 0. The molecule has 3 aromatic rings. The van der Waals surface area contributed by atoms with Gasteiger partial charge in [0.1, 0.15) is 5.69 Å². The van der Waals surface area contributed by atoms with Crippen LogP contribution in [0.2, 0.25) is 0 Å². The van der Waals surface area contributed by atoms with Crippen molar-refractivity contribution in [3.05, 3.63) is 72.6 Å². The lowest BCUT2D eigenvalue weighted by Crippen LogP contribution is -1.96. The molecule has 5 heteroatoms. The van der Waals surface area contributed by atoms with E-state index in [-0.39, 0.29) is 0 Å². The third kappa shape index (κ3) is 3.20. The largest absolute Gasteiger partial charge is 0.331 e. The van der Waals surface area contributed by atoms with E-state index < -0.39 is 0 Å². The summed E-state index contributed by atoms with van der Waals surface area (Å²) < 4.78 is 3.79. The van der Waals surface area contributed by atoms with Crippen LogP contribution in [0.1, 0.15) is 11.3 Å². The topological polar surface area (TPSA) is 48.5 Å². The second-order valence-electron chi connectivity index (χ2n) is 4.48. The number of hydrogen-bond acceptors (Lipinski definition) is 3. The Morgan fingerprint density at radius 1 is 1.15 bits per heavy atom. The molecule has 0 amide bonds. The number of imidazole rings is 1. The fraction of sp³-hybridized carbons (Fsp3) is 0.133. The molecule has 100 valence electrons. The quantitative estimate of drug-likeness (QED) is 0.711. The predicted molar refractivity (Wildman–Crippen MR) is 76.8 cm³/mol. The summed E-state index contributed by atoms with van der Waals surface area (Å²) in [7, 11) is 0. The average Bonchev–Trinajstić information content (AvgIpc) is 3.13. The summed E-state index contributed by atoms with van der Waals surface area (Å²) >= 11 is 0. The smallest absolute Gasteiger partial charge is 0.102 e. The molecule has 3 rings (SSSR count). The standard InChI is InChI=1S/C15H15N5/c1-2-5-14(6-3-1)7-4-9-20-12-15(17-18-20)11-19-10-8-16-13-19/h1-8,10,12-13H,9,11H2/b7-4+. The van der Waals surface area contributed by atoms with Crippen molar-refractivity contribution in [1.29, 1.82) is 0 Å². The van der Waals surface area contributed by atoms with Gasteiger partial charge in [-0.2, -0.15) is 0 Å². The fourth-order valence-electron chi connectivity index (χ4n) is 1.93. The molecule has 0 saturated heterocycles. The predicted octanol–water partition coefficient (Wildman–Crippen LogP) is 2.24. The van der Waals surface area contributed by atoms with Crippen molar-refractivity contribution in [2.75, 3.05) is 0 Å². The molecular weight excluding hydrogens is 250 g/mol. The Hall–Kier alpha value is -2.69. The molecule has 2 aromatic heterocycles. The maximum Gasteiger partial charge on any atom is 0.102 e. The van der Waals surface area contributed by atoms with Crippen LogP contribution in [-0.2, 0) is 13.1 Å².